The maximum Gasteiger partial charge on any atom is 0.325 e. The molecule has 0 aliphatic carbocycles. The topological polar surface area (TPSA) is 78.5 Å². The zero-order valence-corrected chi connectivity index (χ0v) is 14.5. The SMILES string of the molecule is C[C@@]1(c2ccccc2Cl)NC(=O)N(CC(=O)Nc2ccccc2F)C1=O. The molecule has 4 amide bonds. The largest absolute Gasteiger partial charge is 0.325 e. The quantitative estimate of drug-likeness (QED) is 0.806. The van der Waals surface area contributed by atoms with Crippen molar-refractivity contribution < 1.29 is 18.8 Å². The molecule has 1 aliphatic rings. The van der Waals surface area contributed by atoms with Crippen molar-refractivity contribution in [3.63, 3.8) is 0 Å². The monoisotopic (exact) mass is 375 g/mol. The number of benzene rings is 2. The average molecular weight is 376 g/mol. The van der Waals surface area contributed by atoms with Gasteiger partial charge >= 0.3 is 6.03 Å². The minimum atomic E-state index is -1.38. The minimum absolute atomic E-state index is 0.0292. The maximum atomic E-state index is 13.6. The predicted molar refractivity (Wildman–Crippen MR) is 94.1 cm³/mol. The number of nitrogens with zero attached hydrogens (tertiary/aromatic N) is 1. The molecule has 0 radical (unpaired) electrons. The number of anilines is 1. The molecule has 0 spiro atoms. The van der Waals surface area contributed by atoms with Gasteiger partial charge in [-0.25, -0.2) is 9.18 Å². The summed E-state index contributed by atoms with van der Waals surface area (Å²) in [5, 5.41) is 5.23. The Bertz CT molecular complexity index is 905. The number of urea groups is 1. The summed E-state index contributed by atoms with van der Waals surface area (Å²) >= 11 is 6.14. The van der Waals surface area contributed by atoms with Crippen molar-refractivity contribution in [1.29, 1.82) is 0 Å². The highest BCUT2D eigenvalue weighted by atomic mass is 35.5. The molecule has 0 bridgehead atoms. The van der Waals surface area contributed by atoms with Crippen LogP contribution in [-0.4, -0.2) is 29.3 Å². The molecule has 1 aliphatic heterocycles. The summed E-state index contributed by atoms with van der Waals surface area (Å²) in [5.41, 5.74) is -0.983. The molecule has 0 aromatic heterocycles. The lowest BCUT2D eigenvalue weighted by molar-refractivity contribution is -0.133. The molecule has 3 rings (SSSR count). The van der Waals surface area contributed by atoms with Gasteiger partial charge in [0.2, 0.25) is 5.91 Å². The first-order valence-corrected chi connectivity index (χ1v) is 8.14. The number of hydrogen-bond donors (Lipinski definition) is 2. The Morgan fingerprint density at radius 2 is 1.85 bits per heavy atom. The van der Waals surface area contributed by atoms with Crippen molar-refractivity contribution in [3.05, 3.63) is 64.9 Å². The highest BCUT2D eigenvalue weighted by molar-refractivity contribution is 6.32. The molecule has 2 aromatic carbocycles. The van der Waals surface area contributed by atoms with Crippen molar-refractivity contribution in [3.8, 4) is 0 Å². The van der Waals surface area contributed by atoms with E-state index in [1.807, 2.05) is 0 Å². The van der Waals surface area contributed by atoms with Gasteiger partial charge < -0.3 is 10.6 Å². The van der Waals surface area contributed by atoms with Gasteiger partial charge in [0.25, 0.3) is 5.91 Å². The molecule has 8 heteroatoms. The van der Waals surface area contributed by atoms with Gasteiger partial charge in [0.15, 0.2) is 0 Å². The van der Waals surface area contributed by atoms with Crippen LogP contribution in [0.25, 0.3) is 0 Å². The van der Waals surface area contributed by atoms with Gasteiger partial charge in [0, 0.05) is 10.6 Å². The third-order valence-electron chi connectivity index (χ3n) is 4.14. The summed E-state index contributed by atoms with van der Waals surface area (Å²) in [6.07, 6.45) is 0. The molecule has 1 fully saturated rings. The molecule has 134 valence electrons. The van der Waals surface area contributed by atoms with E-state index < -0.39 is 35.7 Å². The standard InChI is InChI=1S/C18H15ClFN3O3/c1-18(11-6-2-3-7-12(11)19)16(25)23(17(26)22-18)10-15(24)21-14-9-5-4-8-13(14)20/h2-9H,10H2,1H3,(H,21,24)(H,22,26)/t18-/m0/s1. The second-order valence-electron chi connectivity index (χ2n) is 5.95. The number of halogens is 2. The van der Waals surface area contributed by atoms with Gasteiger partial charge in [-0.1, -0.05) is 41.9 Å². The van der Waals surface area contributed by atoms with Crippen molar-refractivity contribution in [2.24, 2.45) is 0 Å². The first-order chi connectivity index (χ1) is 12.3. The summed E-state index contributed by atoms with van der Waals surface area (Å²) in [5.74, 6) is -1.92. The highest BCUT2D eigenvalue weighted by Gasteiger charge is 2.50. The van der Waals surface area contributed by atoms with Crippen molar-refractivity contribution in [1.82, 2.24) is 10.2 Å². The number of nitrogens with one attached hydrogen (secondary N) is 2. The lowest BCUT2D eigenvalue weighted by Crippen LogP contribution is -2.42. The molecule has 0 unspecified atom stereocenters. The Balaban J connectivity index is 1.78. The van der Waals surface area contributed by atoms with Crippen molar-refractivity contribution in [2.75, 3.05) is 11.9 Å². The second-order valence-corrected chi connectivity index (χ2v) is 6.36. The number of imide groups is 1. The number of para-hydroxylation sites is 1. The Hall–Kier alpha value is -2.93. The second kappa shape index (κ2) is 6.76. The number of amides is 4. The summed E-state index contributed by atoms with van der Waals surface area (Å²) in [6, 6.07) is 11.5. The van der Waals surface area contributed by atoms with Crippen molar-refractivity contribution >= 4 is 35.1 Å². The van der Waals surface area contributed by atoms with Crippen LogP contribution in [0.3, 0.4) is 0 Å². The van der Waals surface area contributed by atoms with Crippen LogP contribution in [0.4, 0.5) is 14.9 Å². The Labute approximate surface area is 153 Å². The van der Waals surface area contributed by atoms with Gasteiger partial charge in [-0.15, -0.1) is 0 Å². The fraction of sp³-hybridized carbons (Fsp3) is 0.167. The van der Waals surface area contributed by atoms with E-state index in [0.717, 1.165) is 4.90 Å². The summed E-state index contributed by atoms with van der Waals surface area (Å²) in [7, 11) is 0. The van der Waals surface area contributed by atoms with Gasteiger partial charge in [0.1, 0.15) is 17.9 Å². The van der Waals surface area contributed by atoms with Crippen LogP contribution >= 0.6 is 11.6 Å². The van der Waals surface area contributed by atoms with E-state index >= 15 is 0 Å². The number of hydrogen-bond acceptors (Lipinski definition) is 3. The van der Waals surface area contributed by atoms with Gasteiger partial charge in [-0.3, -0.25) is 14.5 Å². The number of rotatable bonds is 4. The zero-order chi connectivity index (χ0) is 18.9. The fourth-order valence-corrected chi connectivity index (χ4v) is 3.11. The van der Waals surface area contributed by atoms with Crippen molar-refractivity contribution in [2.45, 2.75) is 12.5 Å². The molecular weight excluding hydrogens is 361 g/mol. The molecular formula is C18H15ClFN3O3. The number of carbonyl (C=O) groups is 3. The van der Waals surface area contributed by atoms with E-state index in [-0.39, 0.29) is 5.69 Å². The highest BCUT2D eigenvalue weighted by Crippen LogP contribution is 2.33. The zero-order valence-electron chi connectivity index (χ0n) is 13.8. The van der Waals surface area contributed by atoms with Crippen LogP contribution in [-0.2, 0) is 15.1 Å². The summed E-state index contributed by atoms with van der Waals surface area (Å²) in [4.78, 5) is 37.9. The van der Waals surface area contributed by atoms with Crippen LogP contribution in [0.5, 0.6) is 0 Å². The summed E-state index contributed by atoms with van der Waals surface area (Å²) < 4.78 is 13.6. The first-order valence-electron chi connectivity index (χ1n) is 7.76. The predicted octanol–water partition coefficient (Wildman–Crippen LogP) is 2.88. The molecule has 26 heavy (non-hydrogen) atoms. The molecule has 1 saturated heterocycles. The average Bonchev–Trinajstić information content (AvgIpc) is 2.81. The van der Waals surface area contributed by atoms with E-state index in [9.17, 15) is 18.8 Å². The molecule has 6 nitrogen and oxygen atoms in total. The summed E-state index contributed by atoms with van der Waals surface area (Å²) in [6.45, 7) is 0.974. The smallest absolute Gasteiger partial charge is 0.322 e. The van der Waals surface area contributed by atoms with E-state index in [1.54, 1.807) is 30.3 Å². The van der Waals surface area contributed by atoms with E-state index in [0.29, 0.717) is 10.6 Å². The third kappa shape index (κ3) is 3.13. The van der Waals surface area contributed by atoms with E-state index in [2.05, 4.69) is 10.6 Å². The Morgan fingerprint density at radius 3 is 2.54 bits per heavy atom. The molecule has 2 N–H and O–H groups in total. The Morgan fingerprint density at radius 1 is 1.19 bits per heavy atom. The van der Waals surface area contributed by atoms with Gasteiger partial charge in [-0.05, 0) is 25.1 Å². The van der Waals surface area contributed by atoms with Crippen LogP contribution in [0.15, 0.2) is 48.5 Å². The Kier molecular flexibility index (Phi) is 4.65. The molecule has 1 heterocycles. The lowest BCUT2D eigenvalue weighted by atomic mass is 9.92. The molecule has 2 aromatic rings. The van der Waals surface area contributed by atoms with E-state index in [1.165, 1.54) is 25.1 Å². The van der Waals surface area contributed by atoms with Crippen LogP contribution < -0.4 is 10.6 Å². The first kappa shape index (κ1) is 17.9. The number of carbonyl (C=O) groups excluding carboxylic acids is 3. The van der Waals surface area contributed by atoms with Gasteiger partial charge in [0.05, 0.1) is 5.69 Å². The van der Waals surface area contributed by atoms with Crippen LogP contribution in [0.1, 0.15) is 12.5 Å². The third-order valence-corrected chi connectivity index (χ3v) is 4.47. The van der Waals surface area contributed by atoms with E-state index in [4.69, 9.17) is 11.6 Å². The fourth-order valence-electron chi connectivity index (χ4n) is 2.79. The maximum absolute atomic E-state index is 13.6. The van der Waals surface area contributed by atoms with Gasteiger partial charge in [-0.2, -0.15) is 0 Å². The molecule has 0 saturated carbocycles. The molecule has 1 atom stereocenters. The minimum Gasteiger partial charge on any atom is -0.322 e. The van der Waals surface area contributed by atoms with Crippen LogP contribution in [0.2, 0.25) is 5.02 Å². The lowest BCUT2D eigenvalue weighted by Gasteiger charge is -2.23. The normalized spacial score (nSPS) is 19.4. The van der Waals surface area contributed by atoms with Crippen LogP contribution in [0, 0.1) is 5.82 Å².